The predicted molar refractivity (Wildman–Crippen MR) is 60.7 cm³/mol. The van der Waals surface area contributed by atoms with Crippen LogP contribution in [0.2, 0.25) is 0 Å². The molecule has 1 aliphatic rings. The van der Waals surface area contributed by atoms with Crippen molar-refractivity contribution in [3.8, 4) is 0 Å². The van der Waals surface area contributed by atoms with Crippen molar-refractivity contribution in [2.24, 2.45) is 5.92 Å². The van der Waals surface area contributed by atoms with Crippen molar-refractivity contribution >= 4 is 5.97 Å². The minimum Gasteiger partial charge on any atom is -0.468 e. The van der Waals surface area contributed by atoms with E-state index in [0.717, 1.165) is 12.5 Å². The van der Waals surface area contributed by atoms with Crippen molar-refractivity contribution in [1.82, 2.24) is 5.32 Å². The van der Waals surface area contributed by atoms with Crippen LogP contribution in [0.1, 0.15) is 45.4 Å². The van der Waals surface area contributed by atoms with Gasteiger partial charge in [0.2, 0.25) is 0 Å². The second-order valence-corrected chi connectivity index (χ2v) is 4.49. The molecule has 1 fully saturated rings. The van der Waals surface area contributed by atoms with Gasteiger partial charge < -0.3 is 10.1 Å². The van der Waals surface area contributed by atoms with Gasteiger partial charge in [-0.05, 0) is 25.8 Å². The van der Waals surface area contributed by atoms with Gasteiger partial charge in [-0.2, -0.15) is 0 Å². The van der Waals surface area contributed by atoms with Gasteiger partial charge in [0, 0.05) is 0 Å². The first-order valence-electron chi connectivity index (χ1n) is 6.05. The Bertz CT molecular complexity index is 188. The largest absolute Gasteiger partial charge is 0.468 e. The first-order chi connectivity index (χ1) is 7.24. The van der Waals surface area contributed by atoms with Crippen LogP contribution in [0.5, 0.6) is 0 Å². The fourth-order valence-electron chi connectivity index (χ4n) is 2.24. The highest BCUT2D eigenvalue weighted by Crippen LogP contribution is 2.25. The van der Waals surface area contributed by atoms with Crippen LogP contribution in [0, 0.1) is 5.92 Å². The normalized spacial score (nSPS) is 19.9. The average molecular weight is 213 g/mol. The molecule has 0 bridgehead atoms. The molecule has 3 heteroatoms. The van der Waals surface area contributed by atoms with E-state index in [1.807, 2.05) is 6.92 Å². The van der Waals surface area contributed by atoms with E-state index >= 15 is 0 Å². The first-order valence-corrected chi connectivity index (χ1v) is 6.05. The molecule has 1 unspecified atom stereocenters. The van der Waals surface area contributed by atoms with E-state index < -0.39 is 0 Å². The molecule has 1 rings (SSSR count). The van der Waals surface area contributed by atoms with Crippen molar-refractivity contribution in [3.63, 3.8) is 0 Å². The molecule has 1 atom stereocenters. The molecule has 1 aliphatic carbocycles. The number of ether oxygens (including phenoxy) is 1. The third kappa shape index (κ3) is 4.65. The van der Waals surface area contributed by atoms with E-state index in [1.54, 1.807) is 0 Å². The van der Waals surface area contributed by atoms with Crippen LogP contribution in [0.15, 0.2) is 0 Å². The molecule has 0 amide bonds. The fourth-order valence-corrected chi connectivity index (χ4v) is 2.24. The van der Waals surface area contributed by atoms with E-state index in [-0.39, 0.29) is 12.0 Å². The highest BCUT2D eigenvalue weighted by molar-refractivity contribution is 5.74. The van der Waals surface area contributed by atoms with Crippen LogP contribution in [0.4, 0.5) is 0 Å². The lowest BCUT2D eigenvalue weighted by Gasteiger charge is -2.22. The Morgan fingerprint density at radius 3 is 2.67 bits per heavy atom. The summed E-state index contributed by atoms with van der Waals surface area (Å²) in [6.07, 6.45) is 8.11. The SMILES string of the molecule is COC(=O)C(C)NCCC1CCCCC1. The third-order valence-electron chi connectivity index (χ3n) is 3.28. The topological polar surface area (TPSA) is 38.3 Å². The summed E-state index contributed by atoms with van der Waals surface area (Å²) in [5, 5.41) is 3.21. The van der Waals surface area contributed by atoms with Crippen molar-refractivity contribution < 1.29 is 9.53 Å². The van der Waals surface area contributed by atoms with Gasteiger partial charge >= 0.3 is 5.97 Å². The molecule has 1 saturated carbocycles. The molecule has 0 radical (unpaired) electrons. The van der Waals surface area contributed by atoms with Crippen LogP contribution < -0.4 is 5.32 Å². The van der Waals surface area contributed by atoms with Gasteiger partial charge in [-0.1, -0.05) is 32.1 Å². The molecule has 3 nitrogen and oxygen atoms in total. The highest BCUT2D eigenvalue weighted by Gasteiger charge is 2.15. The maximum absolute atomic E-state index is 11.1. The van der Waals surface area contributed by atoms with Crippen molar-refractivity contribution in [3.05, 3.63) is 0 Å². The quantitative estimate of drug-likeness (QED) is 0.711. The Balaban J connectivity index is 2.07. The predicted octanol–water partition coefficient (Wildman–Crippen LogP) is 2.11. The molecule has 0 aromatic carbocycles. The molecule has 15 heavy (non-hydrogen) atoms. The van der Waals surface area contributed by atoms with E-state index in [9.17, 15) is 4.79 Å². The molecule has 88 valence electrons. The van der Waals surface area contributed by atoms with Gasteiger partial charge in [0.25, 0.3) is 0 Å². The molecular weight excluding hydrogens is 190 g/mol. The van der Waals surface area contributed by atoms with Crippen LogP contribution in [-0.4, -0.2) is 25.7 Å². The minimum atomic E-state index is -0.168. The number of carbonyl (C=O) groups excluding carboxylic acids is 1. The van der Waals surface area contributed by atoms with E-state index in [1.165, 1.54) is 45.6 Å². The summed E-state index contributed by atoms with van der Waals surface area (Å²) < 4.78 is 4.65. The molecule has 0 aromatic rings. The maximum atomic E-state index is 11.1. The monoisotopic (exact) mass is 213 g/mol. The van der Waals surface area contributed by atoms with Crippen LogP contribution in [0.25, 0.3) is 0 Å². The molecule has 1 N–H and O–H groups in total. The fraction of sp³-hybridized carbons (Fsp3) is 0.917. The van der Waals surface area contributed by atoms with Crippen LogP contribution in [0.3, 0.4) is 0 Å². The maximum Gasteiger partial charge on any atom is 0.322 e. The highest BCUT2D eigenvalue weighted by atomic mass is 16.5. The standard InChI is InChI=1S/C12H23NO2/c1-10(12(14)15-2)13-9-8-11-6-4-3-5-7-11/h10-11,13H,3-9H2,1-2H3. The first kappa shape index (κ1) is 12.5. The van der Waals surface area contributed by atoms with E-state index in [4.69, 9.17) is 0 Å². The minimum absolute atomic E-state index is 0.168. The number of hydrogen-bond acceptors (Lipinski definition) is 3. The summed E-state index contributed by atoms with van der Waals surface area (Å²) in [7, 11) is 1.43. The number of hydrogen-bond donors (Lipinski definition) is 1. The molecule has 0 spiro atoms. The lowest BCUT2D eigenvalue weighted by atomic mass is 9.87. The van der Waals surface area contributed by atoms with Gasteiger partial charge in [0.15, 0.2) is 0 Å². The zero-order valence-corrected chi connectivity index (χ0v) is 9.92. The summed E-state index contributed by atoms with van der Waals surface area (Å²) >= 11 is 0. The Kier molecular flexibility index (Phi) is 5.69. The van der Waals surface area contributed by atoms with Crippen LogP contribution >= 0.6 is 0 Å². The van der Waals surface area contributed by atoms with E-state index in [0.29, 0.717) is 0 Å². The van der Waals surface area contributed by atoms with Crippen molar-refractivity contribution in [2.45, 2.75) is 51.5 Å². The molecular formula is C12H23NO2. The zero-order valence-electron chi connectivity index (χ0n) is 9.92. The summed E-state index contributed by atoms with van der Waals surface area (Å²) in [5.74, 6) is 0.703. The zero-order chi connectivity index (χ0) is 11.1. The second-order valence-electron chi connectivity index (χ2n) is 4.49. The van der Waals surface area contributed by atoms with Crippen molar-refractivity contribution in [2.75, 3.05) is 13.7 Å². The molecule has 0 heterocycles. The number of methoxy groups -OCH3 is 1. The summed E-state index contributed by atoms with van der Waals surface area (Å²) in [6.45, 7) is 2.79. The van der Waals surface area contributed by atoms with Gasteiger partial charge in [-0.15, -0.1) is 0 Å². The Morgan fingerprint density at radius 2 is 2.07 bits per heavy atom. The Morgan fingerprint density at radius 1 is 1.40 bits per heavy atom. The summed E-state index contributed by atoms with van der Waals surface area (Å²) in [5.41, 5.74) is 0. The summed E-state index contributed by atoms with van der Waals surface area (Å²) in [6, 6.07) is -0.168. The lowest BCUT2D eigenvalue weighted by Crippen LogP contribution is -2.36. The number of rotatable bonds is 5. The smallest absolute Gasteiger partial charge is 0.322 e. The van der Waals surface area contributed by atoms with Gasteiger partial charge in [-0.25, -0.2) is 0 Å². The molecule has 0 aliphatic heterocycles. The van der Waals surface area contributed by atoms with E-state index in [2.05, 4.69) is 10.1 Å². The van der Waals surface area contributed by atoms with Gasteiger partial charge in [-0.3, -0.25) is 4.79 Å². The second kappa shape index (κ2) is 6.83. The Labute approximate surface area is 92.6 Å². The van der Waals surface area contributed by atoms with Crippen molar-refractivity contribution in [1.29, 1.82) is 0 Å². The molecule has 0 aromatic heterocycles. The Hall–Kier alpha value is -0.570. The lowest BCUT2D eigenvalue weighted by molar-refractivity contribution is -0.142. The summed E-state index contributed by atoms with van der Waals surface area (Å²) in [4.78, 5) is 11.1. The number of carbonyl (C=O) groups is 1. The number of nitrogens with one attached hydrogen (secondary N) is 1. The van der Waals surface area contributed by atoms with Gasteiger partial charge in [0.1, 0.15) is 6.04 Å². The number of esters is 1. The van der Waals surface area contributed by atoms with Gasteiger partial charge in [0.05, 0.1) is 7.11 Å². The van der Waals surface area contributed by atoms with Crippen LogP contribution in [-0.2, 0) is 9.53 Å². The average Bonchev–Trinajstić information content (AvgIpc) is 2.29. The third-order valence-corrected chi connectivity index (χ3v) is 3.28. The molecule has 0 saturated heterocycles.